The molecule has 0 aliphatic heterocycles. The van der Waals surface area contributed by atoms with E-state index in [0.717, 1.165) is 5.56 Å². The first-order valence-electron chi connectivity index (χ1n) is 6.20. The van der Waals surface area contributed by atoms with E-state index in [1.54, 1.807) is 18.2 Å². The Morgan fingerprint density at radius 3 is 2.28 bits per heavy atom. The summed E-state index contributed by atoms with van der Waals surface area (Å²) >= 11 is 0. The first kappa shape index (κ1) is 15.0. The van der Waals surface area contributed by atoms with Gasteiger partial charge in [-0.25, -0.2) is 8.42 Å². The molecule has 1 aromatic carbocycles. The van der Waals surface area contributed by atoms with Crippen LogP contribution in [0.1, 0.15) is 26.3 Å². The largest absolute Gasteiger partial charge is 0.492 e. The minimum absolute atomic E-state index is 0.249. The Kier molecular flexibility index (Phi) is 5.16. The molecule has 0 bridgehead atoms. The molecule has 0 spiro atoms. The smallest absolute Gasteiger partial charge is 0.246 e. The van der Waals surface area contributed by atoms with Gasteiger partial charge in [-0.3, -0.25) is 0 Å². The van der Waals surface area contributed by atoms with E-state index in [9.17, 15) is 8.42 Å². The van der Waals surface area contributed by atoms with Crippen molar-refractivity contribution in [3.8, 4) is 5.75 Å². The van der Waals surface area contributed by atoms with Crippen LogP contribution in [0.5, 0.6) is 5.75 Å². The molecule has 18 heavy (non-hydrogen) atoms. The molecule has 0 aromatic heterocycles. The van der Waals surface area contributed by atoms with Gasteiger partial charge < -0.3 is 4.74 Å². The third-order valence-corrected chi connectivity index (χ3v) is 4.81. The second-order valence-corrected chi connectivity index (χ2v) is 5.88. The summed E-state index contributed by atoms with van der Waals surface area (Å²) in [6.45, 7) is 8.78. The van der Waals surface area contributed by atoms with E-state index >= 15 is 0 Å². The lowest BCUT2D eigenvalue weighted by atomic mass is 10.2. The van der Waals surface area contributed by atoms with Crippen LogP contribution in [0.4, 0.5) is 0 Å². The number of rotatable bonds is 6. The fraction of sp³-hybridized carbons (Fsp3) is 0.538. The van der Waals surface area contributed by atoms with E-state index < -0.39 is 10.0 Å². The van der Waals surface area contributed by atoms with E-state index in [2.05, 4.69) is 0 Å². The van der Waals surface area contributed by atoms with Gasteiger partial charge in [0, 0.05) is 13.1 Å². The topological polar surface area (TPSA) is 46.6 Å². The molecule has 1 aromatic rings. The van der Waals surface area contributed by atoms with Crippen molar-refractivity contribution in [2.45, 2.75) is 32.6 Å². The van der Waals surface area contributed by atoms with Crippen LogP contribution < -0.4 is 4.74 Å². The number of hydrogen-bond donors (Lipinski definition) is 0. The predicted molar refractivity (Wildman–Crippen MR) is 72.5 cm³/mol. The summed E-state index contributed by atoms with van der Waals surface area (Å²) in [7, 11) is -3.46. The van der Waals surface area contributed by atoms with Crippen LogP contribution in [0.3, 0.4) is 0 Å². The Bertz CT molecular complexity index is 493. The predicted octanol–water partition coefficient (Wildman–Crippen LogP) is 2.42. The molecule has 0 saturated heterocycles. The minimum Gasteiger partial charge on any atom is -0.492 e. The van der Waals surface area contributed by atoms with Crippen molar-refractivity contribution in [2.24, 2.45) is 0 Å². The van der Waals surface area contributed by atoms with Crippen molar-refractivity contribution in [1.29, 1.82) is 0 Å². The van der Waals surface area contributed by atoms with E-state index in [-0.39, 0.29) is 4.90 Å². The molecule has 0 fully saturated rings. The third kappa shape index (κ3) is 3.03. The summed E-state index contributed by atoms with van der Waals surface area (Å²) in [5, 5.41) is 0. The number of sulfonamides is 1. The number of nitrogens with zero attached hydrogens (tertiary/aromatic N) is 1. The summed E-state index contributed by atoms with van der Waals surface area (Å²) in [4.78, 5) is 0.249. The van der Waals surface area contributed by atoms with E-state index in [1.807, 2.05) is 27.7 Å². The Morgan fingerprint density at radius 2 is 1.78 bits per heavy atom. The van der Waals surface area contributed by atoms with E-state index in [1.165, 1.54) is 4.31 Å². The van der Waals surface area contributed by atoms with Crippen LogP contribution in [0.25, 0.3) is 0 Å². The molecule has 0 saturated carbocycles. The van der Waals surface area contributed by atoms with Crippen LogP contribution in [-0.4, -0.2) is 32.4 Å². The van der Waals surface area contributed by atoms with Crippen LogP contribution in [0.2, 0.25) is 0 Å². The molecule has 0 unspecified atom stereocenters. The number of benzene rings is 1. The third-order valence-electron chi connectivity index (χ3n) is 2.72. The van der Waals surface area contributed by atoms with Gasteiger partial charge in [0.15, 0.2) is 0 Å². The molecule has 0 radical (unpaired) electrons. The molecule has 1 rings (SSSR count). The van der Waals surface area contributed by atoms with Crippen LogP contribution >= 0.6 is 0 Å². The van der Waals surface area contributed by atoms with Crippen molar-refractivity contribution in [2.75, 3.05) is 19.7 Å². The van der Waals surface area contributed by atoms with Crippen molar-refractivity contribution in [3.05, 3.63) is 23.8 Å². The number of aryl methyl sites for hydroxylation is 1. The van der Waals surface area contributed by atoms with Crippen LogP contribution in [-0.2, 0) is 10.0 Å². The summed E-state index contributed by atoms with van der Waals surface area (Å²) < 4.78 is 31.8. The van der Waals surface area contributed by atoms with Crippen molar-refractivity contribution in [3.63, 3.8) is 0 Å². The van der Waals surface area contributed by atoms with Gasteiger partial charge in [-0.1, -0.05) is 19.9 Å². The van der Waals surface area contributed by atoms with Crippen molar-refractivity contribution in [1.82, 2.24) is 4.31 Å². The molecule has 0 amide bonds. The van der Waals surface area contributed by atoms with Gasteiger partial charge in [0.25, 0.3) is 0 Å². The minimum atomic E-state index is -3.46. The van der Waals surface area contributed by atoms with Crippen LogP contribution in [0, 0.1) is 6.92 Å². The Balaban J connectivity index is 3.31. The summed E-state index contributed by atoms with van der Waals surface area (Å²) in [5.41, 5.74) is 0.983. The Hall–Kier alpha value is -1.07. The second kappa shape index (κ2) is 6.20. The average molecular weight is 271 g/mol. The van der Waals surface area contributed by atoms with Crippen LogP contribution in [0.15, 0.2) is 23.1 Å². The lowest BCUT2D eigenvalue weighted by Crippen LogP contribution is -2.31. The number of ether oxygens (including phenoxy) is 1. The molecule has 5 heteroatoms. The summed E-state index contributed by atoms with van der Waals surface area (Å²) in [5.74, 6) is 0.435. The van der Waals surface area contributed by atoms with Gasteiger partial charge in [-0.05, 0) is 31.5 Å². The first-order chi connectivity index (χ1) is 8.47. The fourth-order valence-corrected chi connectivity index (χ4v) is 3.37. The molecule has 0 N–H and O–H groups in total. The molecule has 0 aliphatic rings. The highest BCUT2D eigenvalue weighted by atomic mass is 32.2. The standard InChI is InChI=1S/C13H21NO3S/c1-5-14(6-2)18(15,16)13-9-8-11(4)10-12(13)17-7-3/h8-10H,5-7H2,1-4H3. The lowest BCUT2D eigenvalue weighted by molar-refractivity contribution is 0.329. The monoisotopic (exact) mass is 271 g/mol. The Labute approximate surface area is 110 Å². The SMILES string of the molecule is CCOc1cc(C)ccc1S(=O)(=O)N(CC)CC. The van der Waals surface area contributed by atoms with Gasteiger partial charge in [0.1, 0.15) is 10.6 Å². The fourth-order valence-electron chi connectivity index (χ4n) is 1.80. The number of hydrogen-bond acceptors (Lipinski definition) is 3. The zero-order valence-corrected chi connectivity index (χ0v) is 12.3. The lowest BCUT2D eigenvalue weighted by Gasteiger charge is -2.20. The zero-order valence-electron chi connectivity index (χ0n) is 11.4. The van der Waals surface area contributed by atoms with Gasteiger partial charge in [-0.2, -0.15) is 4.31 Å². The maximum Gasteiger partial charge on any atom is 0.246 e. The highest BCUT2D eigenvalue weighted by Gasteiger charge is 2.25. The highest BCUT2D eigenvalue weighted by Crippen LogP contribution is 2.27. The van der Waals surface area contributed by atoms with E-state index in [4.69, 9.17) is 4.74 Å². The molecule has 0 atom stereocenters. The highest BCUT2D eigenvalue weighted by molar-refractivity contribution is 7.89. The molecular weight excluding hydrogens is 250 g/mol. The molecule has 4 nitrogen and oxygen atoms in total. The average Bonchev–Trinajstić information content (AvgIpc) is 2.30. The van der Waals surface area contributed by atoms with Gasteiger partial charge in [-0.15, -0.1) is 0 Å². The van der Waals surface area contributed by atoms with Gasteiger partial charge in [0.05, 0.1) is 6.61 Å². The summed E-state index contributed by atoms with van der Waals surface area (Å²) in [6.07, 6.45) is 0. The van der Waals surface area contributed by atoms with E-state index in [0.29, 0.717) is 25.4 Å². The maximum atomic E-state index is 12.4. The normalized spacial score (nSPS) is 11.8. The van der Waals surface area contributed by atoms with Gasteiger partial charge in [0.2, 0.25) is 10.0 Å². The maximum absolute atomic E-state index is 12.4. The van der Waals surface area contributed by atoms with Crippen molar-refractivity contribution >= 4 is 10.0 Å². The zero-order chi connectivity index (χ0) is 13.8. The molecule has 0 heterocycles. The Morgan fingerprint density at radius 1 is 1.17 bits per heavy atom. The first-order valence-corrected chi connectivity index (χ1v) is 7.64. The van der Waals surface area contributed by atoms with Gasteiger partial charge >= 0.3 is 0 Å². The van der Waals surface area contributed by atoms with Crippen molar-refractivity contribution < 1.29 is 13.2 Å². The molecule has 0 aliphatic carbocycles. The summed E-state index contributed by atoms with van der Waals surface area (Å²) in [6, 6.07) is 5.17. The molecular formula is C13H21NO3S. The quantitative estimate of drug-likeness (QED) is 0.798. The second-order valence-electron chi connectivity index (χ2n) is 3.97. The molecule has 102 valence electrons.